The van der Waals surface area contributed by atoms with E-state index in [0.29, 0.717) is 12.0 Å². The smallest absolute Gasteiger partial charge is 0.251 e. The molecule has 12 heteroatoms. The van der Waals surface area contributed by atoms with E-state index in [-0.39, 0.29) is 36.2 Å². The lowest BCUT2D eigenvalue weighted by Gasteiger charge is -2.34. The van der Waals surface area contributed by atoms with Crippen LogP contribution in [0.1, 0.15) is 37.6 Å². The van der Waals surface area contributed by atoms with Gasteiger partial charge in [0.1, 0.15) is 24.8 Å². The van der Waals surface area contributed by atoms with Gasteiger partial charge >= 0.3 is 0 Å². The van der Waals surface area contributed by atoms with Crippen LogP contribution in [-0.2, 0) is 19.1 Å². The van der Waals surface area contributed by atoms with Crippen molar-refractivity contribution in [3.63, 3.8) is 0 Å². The fourth-order valence-electron chi connectivity index (χ4n) is 5.89. The Morgan fingerprint density at radius 1 is 1.19 bits per heavy atom. The lowest BCUT2D eigenvalue weighted by molar-refractivity contribution is -0.138. The maximum absolute atomic E-state index is 13.7. The Kier molecular flexibility index (Phi) is 9.28. The van der Waals surface area contributed by atoms with E-state index in [2.05, 4.69) is 15.1 Å². The van der Waals surface area contributed by atoms with E-state index >= 15 is 0 Å². The number of ketones is 1. The molecule has 1 aromatic heterocycles. The van der Waals surface area contributed by atoms with Gasteiger partial charge in [-0.05, 0) is 24.0 Å². The molecule has 0 unspecified atom stereocenters. The Morgan fingerprint density at radius 3 is 2.57 bits per heavy atom. The van der Waals surface area contributed by atoms with Crippen LogP contribution in [0.5, 0.6) is 0 Å². The van der Waals surface area contributed by atoms with E-state index in [9.17, 15) is 14.4 Å². The minimum absolute atomic E-state index is 0.0402. The summed E-state index contributed by atoms with van der Waals surface area (Å²) in [5.41, 5.74) is 8.18. The quantitative estimate of drug-likeness (QED) is 0.442. The summed E-state index contributed by atoms with van der Waals surface area (Å²) in [4.78, 5) is 50.6. The van der Waals surface area contributed by atoms with Crippen molar-refractivity contribution in [1.29, 1.82) is 0 Å². The summed E-state index contributed by atoms with van der Waals surface area (Å²) in [7, 11) is 1.73. The van der Waals surface area contributed by atoms with Gasteiger partial charge in [0.15, 0.2) is 10.9 Å². The van der Waals surface area contributed by atoms with E-state index in [0.717, 1.165) is 55.7 Å². The van der Waals surface area contributed by atoms with E-state index in [1.54, 1.807) is 30.6 Å². The number of fused-ring (bicyclic) bond motifs is 1. The van der Waals surface area contributed by atoms with E-state index in [1.807, 2.05) is 38.3 Å². The van der Waals surface area contributed by atoms with Crippen LogP contribution in [0.3, 0.4) is 0 Å². The molecule has 0 bridgehead atoms. The van der Waals surface area contributed by atoms with Gasteiger partial charge in [-0.25, -0.2) is 4.98 Å². The average Bonchev–Trinajstić information content (AvgIpc) is 3.69. The Hall–Kier alpha value is -2.90. The Labute approximate surface area is 251 Å². The van der Waals surface area contributed by atoms with Crippen molar-refractivity contribution in [1.82, 2.24) is 20.1 Å². The zero-order chi connectivity index (χ0) is 30.0. The highest BCUT2D eigenvalue weighted by molar-refractivity contribution is 7.14. The van der Waals surface area contributed by atoms with Gasteiger partial charge in [0.2, 0.25) is 5.91 Å². The molecule has 4 atom stereocenters. The van der Waals surface area contributed by atoms with Crippen LogP contribution in [0.2, 0.25) is 0 Å². The number of methoxy groups -OCH3 is 1. The van der Waals surface area contributed by atoms with E-state index in [1.165, 1.54) is 4.90 Å². The first-order valence-corrected chi connectivity index (χ1v) is 15.5. The van der Waals surface area contributed by atoms with Crippen LogP contribution in [0, 0.1) is 5.41 Å². The summed E-state index contributed by atoms with van der Waals surface area (Å²) < 4.78 is 10.7. The number of ether oxygens (including phenoxy) is 2. The number of anilines is 1. The van der Waals surface area contributed by atoms with Crippen molar-refractivity contribution in [3.05, 3.63) is 35.2 Å². The number of benzene rings is 1. The number of nitrogens with two attached hydrogens (primary N) is 1. The molecular formula is C30H42N6O5S. The highest BCUT2D eigenvalue weighted by Gasteiger charge is 2.52. The van der Waals surface area contributed by atoms with Crippen LogP contribution in [0.4, 0.5) is 5.13 Å². The van der Waals surface area contributed by atoms with Crippen LogP contribution in [0.15, 0.2) is 29.6 Å². The Morgan fingerprint density at radius 2 is 1.90 bits per heavy atom. The van der Waals surface area contributed by atoms with Gasteiger partial charge in [-0.3, -0.25) is 19.3 Å². The number of thiazole rings is 1. The molecule has 1 aromatic carbocycles. The largest absolute Gasteiger partial charge is 0.383 e. The molecule has 228 valence electrons. The number of piperazine rings is 1. The zero-order valence-electron chi connectivity index (χ0n) is 24.9. The molecule has 2 aromatic rings. The van der Waals surface area contributed by atoms with Crippen molar-refractivity contribution >= 4 is 34.1 Å². The average molecular weight is 599 g/mol. The molecular weight excluding hydrogens is 556 g/mol. The summed E-state index contributed by atoms with van der Waals surface area (Å²) in [5.74, 6) is -0.790. The molecule has 4 heterocycles. The molecule has 11 nitrogen and oxygen atoms in total. The van der Waals surface area contributed by atoms with Gasteiger partial charge in [-0.15, -0.1) is 11.3 Å². The second-order valence-corrected chi connectivity index (χ2v) is 13.4. The maximum atomic E-state index is 13.7. The molecule has 0 aliphatic carbocycles. The van der Waals surface area contributed by atoms with Crippen LogP contribution in [-0.4, -0.2) is 116 Å². The number of carbonyl (C=O) groups is 3. The second-order valence-electron chi connectivity index (χ2n) is 12.5. The van der Waals surface area contributed by atoms with Gasteiger partial charge in [0.25, 0.3) is 5.91 Å². The van der Waals surface area contributed by atoms with E-state index < -0.39 is 24.2 Å². The lowest BCUT2D eigenvalue weighted by atomic mass is 9.87. The van der Waals surface area contributed by atoms with Crippen molar-refractivity contribution in [2.75, 3.05) is 64.5 Å². The normalized spacial score (nSPS) is 23.7. The Bertz CT molecular complexity index is 1270. The van der Waals surface area contributed by atoms with Crippen LogP contribution in [0.25, 0.3) is 11.3 Å². The number of nitrogens with zero attached hydrogens (tertiary/aromatic N) is 4. The van der Waals surface area contributed by atoms with Gasteiger partial charge < -0.3 is 30.3 Å². The fraction of sp³-hybridized carbons (Fsp3) is 0.600. The SMILES string of the molecule is COCCN1CCN(c2nc(-c3ccc(C(=O)N[C@@H](CC(C)(C)C)C(=O)N4C[C@H](N)[C@H]5OCC(=O)[C@H]54)cc3)cs2)CC1. The molecule has 5 rings (SSSR count). The van der Waals surface area contributed by atoms with Gasteiger partial charge in [0.05, 0.1) is 18.3 Å². The van der Waals surface area contributed by atoms with Crippen LogP contribution >= 0.6 is 11.3 Å². The van der Waals surface area contributed by atoms with Crippen molar-refractivity contribution in [2.45, 2.75) is 51.4 Å². The third-order valence-electron chi connectivity index (χ3n) is 8.12. The number of nitrogens with one attached hydrogen (secondary N) is 1. The molecule has 3 saturated heterocycles. The predicted octanol–water partition coefficient (Wildman–Crippen LogP) is 1.62. The van der Waals surface area contributed by atoms with Gasteiger partial charge in [-0.2, -0.15) is 0 Å². The number of aromatic nitrogens is 1. The monoisotopic (exact) mass is 598 g/mol. The first-order chi connectivity index (χ1) is 20.0. The Balaban J connectivity index is 1.23. The summed E-state index contributed by atoms with van der Waals surface area (Å²) in [6, 6.07) is 5.37. The number of hydrogen-bond donors (Lipinski definition) is 2. The van der Waals surface area contributed by atoms with E-state index in [4.69, 9.17) is 20.2 Å². The number of likely N-dealkylation sites (tertiary alicyclic amines) is 1. The van der Waals surface area contributed by atoms with Crippen molar-refractivity contribution in [2.24, 2.45) is 11.1 Å². The lowest BCUT2D eigenvalue weighted by Crippen LogP contribution is -2.53. The minimum Gasteiger partial charge on any atom is -0.383 e. The molecule has 3 N–H and O–H groups in total. The summed E-state index contributed by atoms with van der Waals surface area (Å²) in [6.45, 7) is 11.7. The third-order valence-corrected chi connectivity index (χ3v) is 9.02. The number of Topliss-reactive ketones (excluding diaryl/α,β-unsaturated/α-hetero) is 1. The van der Waals surface area contributed by atoms with Gasteiger partial charge in [0, 0.05) is 62.9 Å². The number of rotatable bonds is 9. The van der Waals surface area contributed by atoms with Crippen molar-refractivity contribution in [3.8, 4) is 11.3 Å². The van der Waals surface area contributed by atoms with Crippen molar-refractivity contribution < 1.29 is 23.9 Å². The molecule has 3 aliphatic rings. The molecule has 2 amide bonds. The number of amides is 2. The summed E-state index contributed by atoms with van der Waals surface area (Å²) in [6.07, 6.45) is -0.0764. The summed E-state index contributed by atoms with van der Waals surface area (Å²) >= 11 is 1.62. The third kappa shape index (κ3) is 6.84. The fourth-order valence-corrected chi connectivity index (χ4v) is 6.78. The molecule has 3 aliphatic heterocycles. The number of hydrogen-bond acceptors (Lipinski definition) is 10. The predicted molar refractivity (Wildman–Crippen MR) is 162 cm³/mol. The highest BCUT2D eigenvalue weighted by atomic mass is 32.1. The molecule has 3 fully saturated rings. The number of carbonyl (C=O) groups excluding carboxylic acids is 3. The first kappa shape index (κ1) is 30.6. The molecule has 0 saturated carbocycles. The second kappa shape index (κ2) is 12.8. The standard InChI is InChI=1S/C30H42N6O5S/c1-30(2,3)15-22(28(39)36-16-21(31)26-25(36)24(37)17-41-26)32-27(38)20-7-5-19(6-8-20)23-18-42-29(33-23)35-11-9-34(10-12-35)13-14-40-4/h5-8,18,21-22,25-26H,9-17,31H2,1-4H3,(H,32,38)/t21-,22-,25+,26+/m0/s1. The first-order valence-electron chi connectivity index (χ1n) is 14.6. The summed E-state index contributed by atoms with van der Waals surface area (Å²) in [5, 5.41) is 5.98. The maximum Gasteiger partial charge on any atom is 0.251 e. The minimum atomic E-state index is -0.799. The molecule has 42 heavy (non-hydrogen) atoms. The van der Waals surface area contributed by atoms with Gasteiger partial charge in [-0.1, -0.05) is 32.9 Å². The van der Waals surface area contributed by atoms with Crippen LogP contribution < -0.4 is 16.0 Å². The highest BCUT2D eigenvalue weighted by Crippen LogP contribution is 2.30. The zero-order valence-corrected chi connectivity index (χ0v) is 25.7. The molecule has 0 spiro atoms. The molecule has 0 radical (unpaired) electrons. The topological polar surface area (TPSA) is 130 Å².